The van der Waals surface area contributed by atoms with E-state index in [1.54, 1.807) is 6.26 Å². The number of hydrogen-bond acceptors (Lipinski definition) is 3. The first kappa shape index (κ1) is 18.5. The second kappa shape index (κ2) is 7.95. The number of hydrogen-bond donors (Lipinski definition) is 1. The fraction of sp³-hybridized carbons (Fsp3) is 0.421. The van der Waals surface area contributed by atoms with Gasteiger partial charge in [0.05, 0.1) is 18.4 Å². The number of nitrogens with zero attached hydrogens (tertiary/aromatic N) is 1. The fourth-order valence-corrected chi connectivity index (χ4v) is 3.15. The van der Waals surface area contributed by atoms with Gasteiger partial charge >= 0.3 is 6.18 Å². The Morgan fingerprint density at radius 3 is 2.62 bits per heavy atom. The zero-order valence-electron chi connectivity index (χ0n) is 14.3. The molecule has 1 aromatic heterocycles. The van der Waals surface area contributed by atoms with Crippen molar-refractivity contribution in [3.8, 4) is 0 Å². The molecule has 1 saturated heterocycles. The van der Waals surface area contributed by atoms with Crippen molar-refractivity contribution < 1.29 is 22.4 Å². The lowest BCUT2D eigenvalue weighted by molar-refractivity contribution is -0.137. The molecule has 140 valence electrons. The summed E-state index contributed by atoms with van der Waals surface area (Å²) < 4.78 is 43.6. The minimum absolute atomic E-state index is 0.0371. The number of likely N-dealkylation sites (tertiary alicyclic amines) is 1. The van der Waals surface area contributed by atoms with Gasteiger partial charge in [-0.3, -0.25) is 9.69 Å². The largest absolute Gasteiger partial charge is 0.468 e. The van der Waals surface area contributed by atoms with Crippen LogP contribution < -0.4 is 5.32 Å². The van der Waals surface area contributed by atoms with E-state index >= 15 is 0 Å². The first-order valence-electron chi connectivity index (χ1n) is 8.62. The topological polar surface area (TPSA) is 45.5 Å². The Hall–Kier alpha value is -2.28. The average molecular weight is 366 g/mol. The molecule has 1 N–H and O–H groups in total. The molecule has 3 rings (SSSR count). The molecule has 0 unspecified atom stereocenters. The molecule has 2 heterocycles. The molecule has 4 nitrogen and oxygen atoms in total. The number of amides is 1. The molecule has 26 heavy (non-hydrogen) atoms. The first-order valence-corrected chi connectivity index (χ1v) is 8.62. The van der Waals surface area contributed by atoms with Crippen LogP contribution in [0.3, 0.4) is 0 Å². The van der Waals surface area contributed by atoms with Crippen LogP contribution in [0.5, 0.6) is 0 Å². The standard InChI is InChI=1S/C19H21F3N2O2/c20-19(21,22)16-4-1-3-15(11-16)18(25)23-12-14-6-8-24(9-7-14)13-17-5-2-10-26-17/h1-5,10-11,14H,6-9,12-13H2,(H,23,25). The average Bonchev–Trinajstić information content (AvgIpc) is 3.13. The van der Waals surface area contributed by atoms with Crippen molar-refractivity contribution in [1.29, 1.82) is 0 Å². The van der Waals surface area contributed by atoms with Crippen molar-refractivity contribution in [1.82, 2.24) is 10.2 Å². The minimum Gasteiger partial charge on any atom is -0.468 e. The SMILES string of the molecule is O=C(NCC1CCN(Cc2ccco2)CC1)c1cccc(C(F)(F)F)c1. The van der Waals surface area contributed by atoms with Crippen LogP contribution in [0.15, 0.2) is 47.1 Å². The van der Waals surface area contributed by atoms with E-state index in [0.29, 0.717) is 12.5 Å². The van der Waals surface area contributed by atoms with E-state index in [-0.39, 0.29) is 5.56 Å². The number of alkyl halides is 3. The molecule has 0 radical (unpaired) electrons. The third kappa shape index (κ3) is 4.88. The van der Waals surface area contributed by atoms with E-state index in [1.807, 2.05) is 12.1 Å². The highest BCUT2D eigenvalue weighted by atomic mass is 19.4. The third-order valence-electron chi connectivity index (χ3n) is 4.67. The lowest BCUT2D eigenvalue weighted by Gasteiger charge is -2.31. The van der Waals surface area contributed by atoms with Crippen LogP contribution in [0.4, 0.5) is 13.2 Å². The van der Waals surface area contributed by atoms with Gasteiger partial charge in [-0.05, 0) is 62.2 Å². The highest BCUT2D eigenvalue weighted by Gasteiger charge is 2.31. The van der Waals surface area contributed by atoms with Crippen molar-refractivity contribution in [3.63, 3.8) is 0 Å². The summed E-state index contributed by atoms with van der Waals surface area (Å²) in [6.45, 7) is 3.07. The zero-order valence-corrected chi connectivity index (χ0v) is 14.3. The molecule has 7 heteroatoms. The van der Waals surface area contributed by atoms with Crippen LogP contribution in [0.1, 0.15) is 34.5 Å². The Morgan fingerprint density at radius 1 is 1.19 bits per heavy atom. The summed E-state index contributed by atoms with van der Waals surface area (Å²) in [7, 11) is 0. The monoisotopic (exact) mass is 366 g/mol. The van der Waals surface area contributed by atoms with Crippen LogP contribution in [-0.2, 0) is 12.7 Å². The third-order valence-corrected chi connectivity index (χ3v) is 4.67. The summed E-state index contributed by atoms with van der Waals surface area (Å²) >= 11 is 0. The van der Waals surface area contributed by atoms with Crippen LogP contribution in [0.25, 0.3) is 0 Å². The van der Waals surface area contributed by atoms with E-state index in [0.717, 1.165) is 50.4 Å². The Bertz CT molecular complexity index is 721. The highest BCUT2D eigenvalue weighted by molar-refractivity contribution is 5.94. The van der Waals surface area contributed by atoms with Crippen molar-refractivity contribution in [2.45, 2.75) is 25.6 Å². The lowest BCUT2D eigenvalue weighted by atomic mass is 9.96. The molecule has 0 atom stereocenters. The number of carbonyl (C=O) groups excluding carboxylic acids is 1. The fourth-order valence-electron chi connectivity index (χ4n) is 3.15. The maximum atomic E-state index is 12.7. The Balaban J connectivity index is 1.45. The summed E-state index contributed by atoms with van der Waals surface area (Å²) in [4.78, 5) is 14.4. The molecule has 1 aliphatic rings. The number of furan rings is 1. The normalized spacial score (nSPS) is 16.6. The van der Waals surface area contributed by atoms with Crippen LogP contribution in [0, 0.1) is 5.92 Å². The highest BCUT2D eigenvalue weighted by Crippen LogP contribution is 2.29. The van der Waals surface area contributed by atoms with Crippen LogP contribution >= 0.6 is 0 Å². The van der Waals surface area contributed by atoms with E-state index in [2.05, 4.69) is 10.2 Å². The zero-order chi connectivity index (χ0) is 18.6. The summed E-state index contributed by atoms with van der Waals surface area (Å²) in [5, 5.41) is 2.76. The first-order chi connectivity index (χ1) is 12.4. The van der Waals surface area contributed by atoms with Gasteiger partial charge in [0.25, 0.3) is 5.91 Å². The Kier molecular flexibility index (Phi) is 5.66. The van der Waals surface area contributed by atoms with Crippen molar-refractivity contribution in [3.05, 3.63) is 59.5 Å². The Labute approximate surface area is 150 Å². The maximum Gasteiger partial charge on any atom is 0.416 e. The van der Waals surface area contributed by atoms with Crippen molar-refractivity contribution in [2.24, 2.45) is 5.92 Å². The second-order valence-corrected chi connectivity index (χ2v) is 6.59. The van der Waals surface area contributed by atoms with Gasteiger partial charge in [0.2, 0.25) is 0 Å². The van der Waals surface area contributed by atoms with E-state index < -0.39 is 17.6 Å². The summed E-state index contributed by atoms with van der Waals surface area (Å²) in [5.74, 6) is 0.799. The molecule has 2 aromatic rings. The molecule has 0 spiro atoms. The molecule has 0 bridgehead atoms. The van der Waals surface area contributed by atoms with Gasteiger partial charge in [-0.15, -0.1) is 0 Å². The van der Waals surface area contributed by atoms with Gasteiger partial charge in [-0.25, -0.2) is 0 Å². The number of halogens is 3. The quantitative estimate of drug-likeness (QED) is 0.872. The number of carbonyl (C=O) groups is 1. The van der Waals surface area contributed by atoms with E-state index in [4.69, 9.17) is 4.42 Å². The predicted octanol–water partition coefficient (Wildman–Crippen LogP) is 3.94. The smallest absolute Gasteiger partial charge is 0.416 e. The maximum absolute atomic E-state index is 12.7. The number of piperidine rings is 1. The molecule has 0 aliphatic carbocycles. The van der Waals surface area contributed by atoms with Crippen molar-refractivity contribution in [2.75, 3.05) is 19.6 Å². The Morgan fingerprint density at radius 2 is 1.96 bits per heavy atom. The van der Waals surface area contributed by atoms with E-state index in [9.17, 15) is 18.0 Å². The van der Waals surface area contributed by atoms with Gasteiger partial charge in [0.1, 0.15) is 5.76 Å². The summed E-state index contributed by atoms with van der Waals surface area (Å²) in [6, 6.07) is 8.32. The van der Waals surface area contributed by atoms with Crippen LogP contribution in [0.2, 0.25) is 0 Å². The van der Waals surface area contributed by atoms with E-state index in [1.165, 1.54) is 12.1 Å². The molecule has 1 amide bonds. The van der Waals surface area contributed by atoms with Gasteiger partial charge in [0.15, 0.2) is 0 Å². The molecule has 1 fully saturated rings. The number of benzene rings is 1. The molecule has 0 saturated carbocycles. The van der Waals surface area contributed by atoms with Crippen LogP contribution in [-0.4, -0.2) is 30.4 Å². The summed E-state index contributed by atoms with van der Waals surface area (Å²) in [5.41, 5.74) is -0.772. The minimum atomic E-state index is -4.45. The molecular formula is C19H21F3N2O2. The van der Waals surface area contributed by atoms with Gasteiger partial charge in [0, 0.05) is 12.1 Å². The van der Waals surface area contributed by atoms with Crippen molar-refractivity contribution >= 4 is 5.91 Å². The van der Waals surface area contributed by atoms with Gasteiger partial charge in [-0.1, -0.05) is 6.07 Å². The molecule has 1 aromatic carbocycles. The number of nitrogens with one attached hydrogen (secondary N) is 1. The molecule has 1 aliphatic heterocycles. The lowest BCUT2D eigenvalue weighted by Crippen LogP contribution is -2.38. The summed E-state index contributed by atoms with van der Waals surface area (Å²) in [6.07, 6.45) is -0.921. The molecular weight excluding hydrogens is 345 g/mol. The van der Waals surface area contributed by atoms with Gasteiger partial charge in [-0.2, -0.15) is 13.2 Å². The predicted molar refractivity (Wildman–Crippen MR) is 90.5 cm³/mol. The second-order valence-electron chi connectivity index (χ2n) is 6.59. The number of rotatable bonds is 5. The van der Waals surface area contributed by atoms with Gasteiger partial charge < -0.3 is 9.73 Å².